The Morgan fingerprint density at radius 1 is 0.800 bits per heavy atom. The van der Waals surface area contributed by atoms with Gasteiger partial charge >= 0.3 is 0 Å². The first-order valence-corrected chi connectivity index (χ1v) is 9.97. The van der Waals surface area contributed by atoms with Crippen LogP contribution in [0.25, 0.3) is 0 Å². The van der Waals surface area contributed by atoms with E-state index in [1.807, 2.05) is 0 Å². The molecule has 0 rings (SSSR count). The normalized spacial score (nSPS) is 10.3. The first kappa shape index (κ1) is 19.6. The number of rotatable bonds is 13. The summed E-state index contributed by atoms with van der Waals surface area (Å²) in [5.74, 6) is 1.87. The predicted octanol–water partition coefficient (Wildman–Crippen LogP) is 2.98. The summed E-state index contributed by atoms with van der Waals surface area (Å²) < 4.78 is 0. The lowest BCUT2D eigenvalue weighted by Gasteiger charge is -2.05. The third-order valence-electron chi connectivity index (χ3n) is 2.61. The molecule has 0 bridgehead atoms. The van der Waals surface area contributed by atoms with Gasteiger partial charge < -0.3 is 10.6 Å². The second kappa shape index (κ2) is 15.0. The fourth-order valence-electron chi connectivity index (χ4n) is 1.37. The van der Waals surface area contributed by atoms with Crippen LogP contribution in [0.4, 0.5) is 0 Å². The molecular weight excluding hydrogens is 292 g/mol. The number of carbonyl (C=O) groups is 2. The van der Waals surface area contributed by atoms with E-state index in [-0.39, 0.29) is 11.8 Å². The van der Waals surface area contributed by atoms with Crippen molar-refractivity contribution in [3.05, 3.63) is 0 Å². The molecule has 0 spiro atoms. The summed E-state index contributed by atoms with van der Waals surface area (Å²) in [5, 5.41) is 5.79. The molecule has 0 atom stereocenters. The highest BCUT2D eigenvalue weighted by molar-refractivity contribution is 8.76. The molecule has 0 aliphatic heterocycles. The highest BCUT2D eigenvalue weighted by Crippen LogP contribution is 2.22. The van der Waals surface area contributed by atoms with Crippen molar-refractivity contribution in [3.63, 3.8) is 0 Å². The minimum absolute atomic E-state index is 0.129. The van der Waals surface area contributed by atoms with Gasteiger partial charge in [0.15, 0.2) is 0 Å². The molecule has 0 aromatic rings. The third-order valence-corrected chi connectivity index (χ3v) is 5.02. The van der Waals surface area contributed by atoms with Gasteiger partial charge in [0.1, 0.15) is 0 Å². The first-order chi connectivity index (χ1) is 9.70. The van der Waals surface area contributed by atoms with Crippen LogP contribution in [0, 0.1) is 0 Å². The van der Waals surface area contributed by atoms with Gasteiger partial charge in [0.2, 0.25) is 11.8 Å². The summed E-state index contributed by atoms with van der Waals surface area (Å²) in [6.45, 7) is 5.78. The van der Waals surface area contributed by atoms with Gasteiger partial charge in [0, 0.05) is 37.4 Å². The number of nitrogens with one attached hydrogen (secondary N) is 2. The van der Waals surface area contributed by atoms with Crippen LogP contribution in [0.15, 0.2) is 0 Å². The fraction of sp³-hybridized carbons (Fsp3) is 0.857. The van der Waals surface area contributed by atoms with E-state index in [1.165, 1.54) is 0 Å². The topological polar surface area (TPSA) is 58.2 Å². The molecule has 0 aliphatic carbocycles. The van der Waals surface area contributed by atoms with Crippen molar-refractivity contribution in [1.29, 1.82) is 0 Å². The molecular formula is C14H28N2O2S2. The Morgan fingerprint density at radius 3 is 1.55 bits per heavy atom. The molecule has 0 aliphatic rings. The van der Waals surface area contributed by atoms with E-state index in [0.717, 1.165) is 50.3 Å². The number of unbranched alkanes of at least 4 members (excludes halogenated alkanes) is 2. The Morgan fingerprint density at radius 2 is 1.20 bits per heavy atom. The van der Waals surface area contributed by atoms with Crippen LogP contribution < -0.4 is 10.6 Å². The summed E-state index contributed by atoms with van der Waals surface area (Å²) in [7, 11) is 3.33. The van der Waals surface area contributed by atoms with E-state index in [2.05, 4.69) is 24.5 Å². The van der Waals surface area contributed by atoms with Crippen LogP contribution in [-0.2, 0) is 9.59 Å². The smallest absolute Gasteiger partial charge is 0.220 e. The summed E-state index contributed by atoms with van der Waals surface area (Å²) in [4.78, 5) is 22.8. The molecule has 0 fully saturated rings. The second-order valence-corrected chi connectivity index (χ2v) is 7.25. The van der Waals surface area contributed by atoms with Crippen molar-refractivity contribution < 1.29 is 9.59 Å². The molecule has 0 aromatic heterocycles. The SMILES string of the molecule is CCCCNC(=O)CCSSCCC(=O)NCCCC. The molecule has 20 heavy (non-hydrogen) atoms. The zero-order valence-electron chi connectivity index (χ0n) is 12.7. The number of hydrogen-bond acceptors (Lipinski definition) is 4. The number of amides is 2. The van der Waals surface area contributed by atoms with Crippen LogP contribution in [0.3, 0.4) is 0 Å². The van der Waals surface area contributed by atoms with Gasteiger partial charge in [-0.05, 0) is 12.8 Å². The zero-order chi connectivity index (χ0) is 15.1. The molecule has 4 nitrogen and oxygen atoms in total. The molecule has 0 heterocycles. The number of carbonyl (C=O) groups excluding carboxylic acids is 2. The minimum Gasteiger partial charge on any atom is -0.356 e. The molecule has 0 saturated carbocycles. The maximum Gasteiger partial charge on any atom is 0.220 e. The van der Waals surface area contributed by atoms with E-state index in [9.17, 15) is 9.59 Å². The largest absolute Gasteiger partial charge is 0.356 e. The first-order valence-electron chi connectivity index (χ1n) is 7.48. The fourth-order valence-corrected chi connectivity index (χ4v) is 3.35. The van der Waals surface area contributed by atoms with Crippen LogP contribution >= 0.6 is 21.6 Å². The third kappa shape index (κ3) is 14.1. The van der Waals surface area contributed by atoms with Crippen molar-refractivity contribution in [3.8, 4) is 0 Å². The van der Waals surface area contributed by atoms with Gasteiger partial charge in [-0.1, -0.05) is 48.3 Å². The molecule has 0 unspecified atom stereocenters. The quantitative estimate of drug-likeness (QED) is 0.405. The van der Waals surface area contributed by atoms with Crippen molar-refractivity contribution in [2.45, 2.75) is 52.4 Å². The molecule has 0 radical (unpaired) electrons. The average Bonchev–Trinajstić information content (AvgIpc) is 2.43. The van der Waals surface area contributed by atoms with Crippen LogP contribution in [0.2, 0.25) is 0 Å². The van der Waals surface area contributed by atoms with Crippen molar-refractivity contribution >= 4 is 33.4 Å². The standard InChI is InChI=1S/C14H28N2O2S2/c1-3-5-9-15-13(17)7-11-19-20-12-8-14(18)16-10-6-4-2/h3-12H2,1-2H3,(H,15,17)(H,16,18). The van der Waals surface area contributed by atoms with Crippen molar-refractivity contribution in [1.82, 2.24) is 10.6 Å². The molecule has 0 aromatic carbocycles. The maximum absolute atomic E-state index is 11.4. The van der Waals surface area contributed by atoms with Crippen molar-refractivity contribution in [2.75, 3.05) is 24.6 Å². The molecule has 0 saturated heterocycles. The van der Waals surface area contributed by atoms with Gasteiger partial charge in [0.05, 0.1) is 0 Å². The highest BCUT2D eigenvalue weighted by Gasteiger charge is 2.02. The monoisotopic (exact) mass is 320 g/mol. The van der Waals surface area contributed by atoms with Gasteiger partial charge in [-0.25, -0.2) is 0 Å². The van der Waals surface area contributed by atoms with Crippen LogP contribution in [0.1, 0.15) is 52.4 Å². The van der Waals surface area contributed by atoms with Crippen molar-refractivity contribution in [2.24, 2.45) is 0 Å². The molecule has 2 N–H and O–H groups in total. The summed E-state index contributed by atoms with van der Waals surface area (Å²) in [6.07, 6.45) is 5.41. The predicted molar refractivity (Wildman–Crippen MR) is 90.0 cm³/mol. The Kier molecular flexibility index (Phi) is 14.8. The Labute approximate surface area is 131 Å². The maximum atomic E-state index is 11.4. The van der Waals surface area contributed by atoms with Gasteiger partial charge in [-0.3, -0.25) is 9.59 Å². The van der Waals surface area contributed by atoms with E-state index in [1.54, 1.807) is 21.6 Å². The molecule has 118 valence electrons. The Balaban J connectivity index is 3.27. The summed E-state index contributed by atoms with van der Waals surface area (Å²) in [5.41, 5.74) is 0. The van der Waals surface area contributed by atoms with Crippen LogP contribution in [-0.4, -0.2) is 36.4 Å². The van der Waals surface area contributed by atoms with Crippen LogP contribution in [0.5, 0.6) is 0 Å². The zero-order valence-corrected chi connectivity index (χ0v) is 14.3. The van der Waals surface area contributed by atoms with Gasteiger partial charge in [0.25, 0.3) is 0 Å². The lowest BCUT2D eigenvalue weighted by Crippen LogP contribution is -2.24. The lowest BCUT2D eigenvalue weighted by atomic mass is 10.3. The van der Waals surface area contributed by atoms with Gasteiger partial charge in [-0.15, -0.1) is 0 Å². The highest BCUT2D eigenvalue weighted by atomic mass is 33.1. The van der Waals surface area contributed by atoms with E-state index >= 15 is 0 Å². The average molecular weight is 321 g/mol. The second-order valence-electron chi connectivity index (χ2n) is 4.55. The Bertz CT molecular complexity index is 238. The number of hydrogen-bond donors (Lipinski definition) is 2. The Hall–Kier alpha value is -0.360. The van der Waals surface area contributed by atoms with Gasteiger partial charge in [-0.2, -0.15) is 0 Å². The summed E-state index contributed by atoms with van der Waals surface area (Å²) >= 11 is 0. The minimum atomic E-state index is 0.129. The molecule has 2 amide bonds. The van der Waals surface area contributed by atoms with E-state index in [4.69, 9.17) is 0 Å². The lowest BCUT2D eigenvalue weighted by molar-refractivity contribution is -0.121. The summed E-state index contributed by atoms with van der Waals surface area (Å²) in [6, 6.07) is 0. The molecule has 6 heteroatoms. The van der Waals surface area contributed by atoms with E-state index < -0.39 is 0 Å². The van der Waals surface area contributed by atoms with E-state index in [0.29, 0.717) is 12.8 Å².